The lowest BCUT2D eigenvalue weighted by atomic mass is 10.1. The summed E-state index contributed by atoms with van der Waals surface area (Å²) in [4.78, 5) is 14.9. The third-order valence-electron chi connectivity index (χ3n) is 5.67. The lowest BCUT2D eigenvalue weighted by Crippen LogP contribution is -2.38. The molecule has 28 heavy (non-hydrogen) atoms. The van der Waals surface area contributed by atoms with Crippen LogP contribution in [0, 0.1) is 6.92 Å². The van der Waals surface area contributed by atoms with Crippen LogP contribution in [0.15, 0.2) is 23.1 Å². The molecule has 1 aliphatic rings. The number of benzene rings is 1. The van der Waals surface area contributed by atoms with E-state index in [1.807, 2.05) is 27.8 Å². The van der Waals surface area contributed by atoms with Crippen molar-refractivity contribution in [3.63, 3.8) is 0 Å². The minimum atomic E-state index is -3.55. The van der Waals surface area contributed by atoms with Crippen LogP contribution in [0.4, 0.5) is 5.69 Å². The first-order valence-corrected chi connectivity index (χ1v) is 11.8. The molecular formula is C21H35N3O3S. The van der Waals surface area contributed by atoms with E-state index in [1.165, 1.54) is 30.0 Å². The molecule has 7 heteroatoms. The molecule has 0 heterocycles. The molecule has 1 aromatic rings. The van der Waals surface area contributed by atoms with Gasteiger partial charge in [0.2, 0.25) is 15.9 Å². The van der Waals surface area contributed by atoms with Crippen LogP contribution in [-0.2, 0) is 14.8 Å². The van der Waals surface area contributed by atoms with Crippen molar-refractivity contribution in [1.82, 2.24) is 9.21 Å². The van der Waals surface area contributed by atoms with Crippen LogP contribution in [0.2, 0.25) is 0 Å². The van der Waals surface area contributed by atoms with Gasteiger partial charge in [0.15, 0.2) is 0 Å². The predicted molar refractivity (Wildman–Crippen MR) is 114 cm³/mol. The summed E-state index contributed by atoms with van der Waals surface area (Å²) in [6.45, 7) is 6.67. The SMILES string of the molecule is CCN(CC)S(=O)(=O)c1ccc(C)c(NC(=O)CN(C)C2CCCCCC2)c1. The average Bonchev–Trinajstić information content (AvgIpc) is 2.93. The van der Waals surface area contributed by atoms with E-state index in [-0.39, 0.29) is 10.8 Å². The fraction of sp³-hybridized carbons (Fsp3) is 0.667. The number of hydrogen-bond acceptors (Lipinski definition) is 4. The second-order valence-electron chi connectivity index (χ2n) is 7.67. The number of carbonyl (C=O) groups excluding carboxylic acids is 1. The Morgan fingerprint density at radius 2 is 1.71 bits per heavy atom. The van der Waals surface area contributed by atoms with E-state index in [9.17, 15) is 13.2 Å². The molecule has 0 aromatic heterocycles. The monoisotopic (exact) mass is 409 g/mol. The molecule has 1 aromatic carbocycles. The quantitative estimate of drug-likeness (QED) is 0.666. The van der Waals surface area contributed by atoms with E-state index in [1.54, 1.807) is 18.2 Å². The number of nitrogens with zero attached hydrogens (tertiary/aromatic N) is 2. The number of anilines is 1. The number of aryl methyl sites for hydroxylation is 1. The maximum absolute atomic E-state index is 12.8. The van der Waals surface area contributed by atoms with Crippen molar-refractivity contribution in [2.24, 2.45) is 0 Å². The van der Waals surface area contributed by atoms with E-state index in [0.29, 0.717) is 31.4 Å². The van der Waals surface area contributed by atoms with E-state index in [2.05, 4.69) is 10.2 Å². The van der Waals surface area contributed by atoms with Crippen molar-refractivity contribution in [3.8, 4) is 0 Å². The minimum absolute atomic E-state index is 0.104. The topological polar surface area (TPSA) is 69.7 Å². The van der Waals surface area contributed by atoms with E-state index in [0.717, 1.165) is 18.4 Å². The zero-order valence-electron chi connectivity index (χ0n) is 17.7. The highest BCUT2D eigenvalue weighted by Crippen LogP contribution is 2.24. The Balaban J connectivity index is 2.09. The summed E-state index contributed by atoms with van der Waals surface area (Å²) in [5.74, 6) is -0.104. The van der Waals surface area contributed by atoms with Gasteiger partial charge in [-0.15, -0.1) is 0 Å². The van der Waals surface area contributed by atoms with Crippen LogP contribution in [0.3, 0.4) is 0 Å². The van der Waals surface area contributed by atoms with Crippen molar-refractivity contribution in [3.05, 3.63) is 23.8 Å². The summed E-state index contributed by atoms with van der Waals surface area (Å²) >= 11 is 0. The van der Waals surface area contributed by atoms with Gasteiger partial charge in [-0.05, 0) is 44.5 Å². The van der Waals surface area contributed by atoms with Gasteiger partial charge in [-0.1, -0.05) is 45.6 Å². The molecular weight excluding hydrogens is 374 g/mol. The number of nitrogens with one attached hydrogen (secondary N) is 1. The highest BCUT2D eigenvalue weighted by Gasteiger charge is 2.23. The molecule has 1 saturated carbocycles. The summed E-state index contributed by atoms with van der Waals surface area (Å²) in [6.07, 6.45) is 7.29. The van der Waals surface area contributed by atoms with Gasteiger partial charge in [0.25, 0.3) is 0 Å². The van der Waals surface area contributed by atoms with Crippen LogP contribution >= 0.6 is 0 Å². The minimum Gasteiger partial charge on any atom is -0.325 e. The molecule has 0 bridgehead atoms. The zero-order valence-corrected chi connectivity index (χ0v) is 18.5. The molecule has 0 saturated heterocycles. The van der Waals surface area contributed by atoms with Crippen molar-refractivity contribution < 1.29 is 13.2 Å². The lowest BCUT2D eigenvalue weighted by Gasteiger charge is -2.26. The Bertz CT molecular complexity index is 752. The number of likely N-dealkylation sites (N-methyl/N-ethyl adjacent to an activating group) is 1. The van der Waals surface area contributed by atoms with Crippen LogP contribution in [0.1, 0.15) is 57.9 Å². The molecule has 158 valence electrons. The van der Waals surface area contributed by atoms with Gasteiger partial charge in [-0.25, -0.2) is 8.42 Å². The standard InChI is InChI=1S/C21H35N3O3S/c1-5-24(6-2)28(26,27)19-14-13-17(3)20(15-19)22-21(25)16-23(4)18-11-9-7-8-10-12-18/h13-15,18H,5-12,16H2,1-4H3,(H,22,25). The van der Waals surface area contributed by atoms with Crippen LogP contribution in [0.5, 0.6) is 0 Å². The fourth-order valence-electron chi connectivity index (χ4n) is 3.85. The summed E-state index contributed by atoms with van der Waals surface area (Å²) in [5, 5.41) is 2.92. The number of amides is 1. The van der Waals surface area contributed by atoms with Gasteiger partial charge < -0.3 is 5.32 Å². The molecule has 0 aliphatic heterocycles. The highest BCUT2D eigenvalue weighted by atomic mass is 32.2. The normalized spacial score (nSPS) is 16.4. The lowest BCUT2D eigenvalue weighted by molar-refractivity contribution is -0.117. The van der Waals surface area contributed by atoms with Gasteiger partial charge in [0, 0.05) is 24.8 Å². The molecule has 0 radical (unpaired) electrons. The Morgan fingerprint density at radius 3 is 2.29 bits per heavy atom. The molecule has 0 unspecified atom stereocenters. The molecule has 0 spiro atoms. The Morgan fingerprint density at radius 1 is 1.11 bits per heavy atom. The summed E-state index contributed by atoms with van der Waals surface area (Å²) in [6, 6.07) is 5.38. The molecule has 1 amide bonds. The third-order valence-corrected chi connectivity index (χ3v) is 7.71. The highest BCUT2D eigenvalue weighted by molar-refractivity contribution is 7.89. The number of carbonyl (C=O) groups is 1. The number of hydrogen-bond donors (Lipinski definition) is 1. The summed E-state index contributed by atoms with van der Waals surface area (Å²) < 4.78 is 27.0. The zero-order chi connectivity index (χ0) is 20.7. The molecule has 2 rings (SSSR count). The van der Waals surface area contributed by atoms with E-state index >= 15 is 0 Å². The maximum atomic E-state index is 12.8. The first kappa shape index (κ1) is 22.8. The summed E-state index contributed by atoms with van der Waals surface area (Å²) in [7, 11) is -1.55. The van der Waals surface area contributed by atoms with Crippen LogP contribution in [-0.4, -0.2) is 56.3 Å². The summed E-state index contributed by atoms with van der Waals surface area (Å²) in [5.41, 5.74) is 1.41. The third kappa shape index (κ3) is 5.78. The molecule has 1 N–H and O–H groups in total. The first-order valence-electron chi connectivity index (χ1n) is 10.4. The average molecular weight is 410 g/mol. The van der Waals surface area contributed by atoms with E-state index < -0.39 is 10.0 Å². The Hall–Kier alpha value is -1.44. The van der Waals surface area contributed by atoms with Gasteiger partial charge in [0.1, 0.15) is 0 Å². The van der Waals surface area contributed by atoms with Gasteiger partial charge in [0.05, 0.1) is 11.4 Å². The van der Waals surface area contributed by atoms with Gasteiger partial charge in [-0.2, -0.15) is 4.31 Å². The second kappa shape index (κ2) is 10.4. The fourth-order valence-corrected chi connectivity index (χ4v) is 5.34. The first-order chi connectivity index (χ1) is 13.3. The Kier molecular flexibility index (Phi) is 8.46. The van der Waals surface area contributed by atoms with Crippen molar-refractivity contribution >= 4 is 21.6 Å². The van der Waals surface area contributed by atoms with E-state index in [4.69, 9.17) is 0 Å². The predicted octanol–water partition coefficient (Wildman–Crippen LogP) is 3.62. The number of rotatable bonds is 8. The van der Waals surface area contributed by atoms with Gasteiger partial charge >= 0.3 is 0 Å². The smallest absolute Gasteiger partial charge is 0.243 e. The van der Waals surface area contributed by atoms with Crippen LogP contribution in [0.25, 0.3) is 0 Å². The number of sulfonamides is 1. The largest absolute Gasteiger partial charge is 0.325 e. The molecule has 1 aliphatic carbocycles. The van der Waals surface area contributed by atoms with Crippen molar-refractivity contribution in [1.29, 1.82) is 0 Å². The van der Waals surface area contributed by atoms with Crippen molar-refractivity contribution in [2.75, 3.05) is 32.0 Å². The molecule has 1 fully saturated rings. The maximum Gasteiger partial charge on any atom is 0.243 e. The molecule has 0 atom stereocenters. The second-order valence-corrected chi connectivity index (χ2v) is 9.61. The van der Waals surface area contributed by atoms with Crippen molar-refractivity contribution in [2.45, 2.75) is 70.2 Å². The molecule has 6 nitrogen and oxygen atoms in total. The van der Waals surface area contributed by atoms with Gasteiger partial charge in [-0.3, -0.25) is 9.69 Å². The van der Waals surface area contributed by atoms with Crippen LogP contribution < -0.4 is 5.32 Å². The Labute approximate surface area is 170 Å².